The molecule has 0 saturated heterocycles. The Hall–Kier alpha value is -5.48. The number of carbonyl (C=O) groups is 4. The average Bonchev–Trinajstić information content (AvgIpc) is 3.13. The molecule has 10 nitrogen and oxygen atoms in total. The van der Waals surface area contributed by atoms with Crippen LogP contribution in [0.4, 0.5) is 11.4 Å². The first-order valence-corrected chi connectivity index (χ1v) is 16.0. The van der Waals surface area contributed by atoms with Gasteiger partial charge in [0, 0.05) is 50.7 Å². The van der Waals surface area contributed by atoms with E-state index in [0.717, 1.165) is 11.1 Å². The second-order valence-corrected chi connectivity index (χ2v) is 11.8. The zero-order valence-corrected chi connectivity index (χ0v) is 28.2. The largest absolute Gasteiger partial charge is 0.497 e. The molecule has 10 heteroatoms. The Labute approximate surface area is 287 Å². The number of nitrogens with one attached hydrogen (secondary N) is 1. The van der Waals surface area contributed by atoms with E-state index in [-0.39, 0.29) is 18.7 Å². The number of anilines is 2. The lowest BCUT2D eigenvalue weighted by molar-refractivity contribution is -0.136. The predicted molar refractivity (Wildman–Crippen MR) is 189 cm³/mol. The number of aliphatic hydroxyl groups is 1. The van der Waals surface area contributed by atoms with E-state index in [0.29, 0.717) is 29.3 Å². The maximum Gasteiger partial charge on any atom is 0.249 e. The minimum absolute atomic E-state index is 0.165. The van der Waals surface area contributed by atoms with Gasteiger partial charge in [0.2, 0.25) is 17.7 Å². The van der Waals surface area contributed by atoms with Crippen LogP contribution in [0.15, 0.2) is 109 Å². The van der Waals surface area contributed by atoms with Crippen LogP contribution < -0.4 is 24.6 Å². The fraction of sp³-hybridized carbons (Fsp3) is 0.282. The van der Waals surface area contributed by atoms with Crippen molar-refractivity contribution in [3.8, 4) is 11.5 Å². The molecule has 0 fully saturated rings. The molecule has 2 N–H and O–H groups in total. The Bertz CT molecular complexity index is 1680. The Kier molecular flexibility index (Phi) is 13.1. The lowest BCUT2D eigenvalue weighted by atomic mass is 9.91. The molecule has 0 radical (unpaired) electrons. The number of aliphatic hydroxyl groups excluding tert-OH is 1. The van der Waals surface area contributed by atoms with E-state index in [1.165, 1.54) is 9.80 Å². The fourth-order valence-corrected chi connectivity index (χ4v) is 5.50. The zero-order chi connectivity index (χ0) is 35.3. The molecule has 0 aliphatic rings. The van der Waals surface area contributed by atoms with E-state index in [2.05, 4.69) is 5.32 Å². The zero-order valence-electron chi connectivity index (χ0n) is 28.2. The standard InChI is InChI=1S/C39H43N3O7/c1-41(30-15-19-33(48-3)20-16-30)38(46)29(23-27-11-7-5-8-12-27)25-32(43)26-36(44)37(45)40-35(24-28-13-9-6-10-14-28)39(47)42(2)31-17-21-34(49-4)22-18-31/h5-22,29,35-36,44H,23-26H2,1-4H3,(H,40,45)/t29-,35+,36+/m1/s1. The molecule has 0 aliphatic heterocycles. The maximum atomic E-state index is 13.7. The van der Waals surface area contributed by atoms with Crippen LogP contribution in [0.3, 0.4) is 0 Å². The van der Waals surface area contributed by atoms with Crippen molar-refractivity contribution in [2.24, 2.45) is 5.92 Å². The summed E-state index contributed by atoms with van der Waals surface area (Å²) in [7, 11) is 6.35. The molecule has 0 aromatic heterocycles. The molecule has 4 aromatic rings. The smallest absolute Gasteiger partial charge is 0.249 e. The normalized spacial score (nSPS) is 12.6. The molecule has 3 amide bonds. The monoisotopic (exact) mass is 665 g/mol. The molecule has 0 aliphatic carbocycles. The van der Waals surface area contributed by atoms with Gasteiger partial charge in [-0.3, -0.25) is 19.2 Å². The van der Waals surface area contributed by atoms with Gasteiger partial charge in [-0.05, 0) is 66.1 Å². The van der Waals surface area contributed by atoms with Crippen molar-refractivity contribution >= 4 is 34.9 Å². The molecule has 0 saturated carbocycles. The Balaban J connectivity index is 1.46. The number of hydrogen-bond donors (Lipinski definition) is 2. The van der Waals surface area contributed by atoms with Crippen LogP contribution in [0.25, 0.3) is 0 Å². The molecule has 49 heavy (non-hydrogen) atoms. The number of amides is 3. The van der Waals surface area contributed by atoms with Crippen molar-refractivity contribution in [3.05, 3.63) is 120 Å². The first kappa shape index (κ1) is 36.4. The van der Waals surface area contributed by atoms with Gasteiger partial charge in [-0.25, -0.2) is 0 Å². The number of likely N-dealkylation sites (N-methyl/N-ethyl adjacent to an activating group) is 1. The number of rotatable bonds is 16. The van der Waals surface area contributed by atoms with Crippen molar-refractivity contribution in [2.75, 3.05) is 38.1 Å². The van der Waals surface area contributed by atoms with Crippen LogP contribution in [0.1, 0.15) is 24.0 Å². The van der Waals surface area contributed by atoms with Crippen molar-refractivity contribution in [1.82, 2.24) is 5.32 Å². The molecule has 256 valence electrons. The number of methoxy groups -OCH3 is 2. The topological polar surface area (TPSA) is 125 Å². The van der Waals surface area contributed by atoms with Gasteiger partial charge in [-0.1, -0.05) is 60.7 Å². The molecule has 4 aromatic carbocycles. The van der Waals surface area contributed by atoms with Gasteiger partial charge < -0.3 is 29.7 Å². The summed E-state index contributed by atoms with van der Waals surface area (Å²) >= 11 is 0. The van der Waals surface area contributed by atoms with Gasteiger partial charge in [-0.15, -0.1) is 0 Å². The Morgan fingerprint density at radius 3 is 1.55 bits per heavy atom. The van der Waals surface area contributed by atoms with Crippen LogP contribution in [-0.4, -0.2) is 69.1 Å². The number of Topliss-reactive ketones (excluding diaryl/α,β-unsaturated/α-hetero) is 1. The number of ketones is 1. The van der Waals surface area contributed by atoms with Gasteiger partial charge >= 0.3 is 0 Å². The van der Waals surface area contributed by atoms with E-state index >= 15 is 0 Å². The van der Waals surface area contributed by atoms with Crippen molar-refractivity contribution in [3.63, 3.8) is 0 Å². The van der Waals surface area contributed by atoms with Gasteiger partial charge in [0.05, 0.1) is 14.2 Å². The highest BCUT2D eigenvalue weighted by molar-refractivity contribution is 6.01. The number of hydrogen-bond acceptors (Lipinski definition) is 7. The highest BCUT2D eigenvalue weighted by Gasteiger charge is 2.31. The van der Waals surface area contributed by atoms with E-state index in [9.17, 15) is 24.3 Å². The fourth-order valence-electron chi connectivity index (χ4n) is 5.50. The lowest BCUT2D eigenvalue weighted by Crippen LogP contribution is -2.51. The van der Waals surface area contributed by atoms with Crippen molar-refractivity contribution < 1.29 is 33.8 Å². The highest BCUT2D eigenvalue weighted by Crippen LogP contribution is 2.24. The second kappa shape index (κ2) is 17.6. The van der Waals surface area contributed by atoms with E-state index < -0.39 is 42.1 Å². The third kappa shape index (κ3) is 10.3. The summed E-state index contributed by atoms with van der Waals surface area (Å²) in [5.74, 6) is -1.47. The van der Waals surface area contributed by atoms with Gasteiger partial charge in [0.25, 0.3) is 0 Å². The summed E-state index contributed by atoms with van der Waals surface area (Å²) in [6, 6.07) is 31.4. The third-order valence-corrected chi connectivity index (χ3v) is 8.35. The summed E-state index contributed by atoms with van der Waals surface area (Å²) in [4.78, 5) is 57.0. The number of benzene rings is 4. The van der Waals surface area contributed by atoms with Crippen LogP contribution in [-0.2, 0) is 32.0 Å². The highest BCUT2D eigenvalue weighted by atomic mass is 16.5. The van der Waals surface area contributed by atoms with E-state index in [4.69, 9.17) is 9.47 Å². The molecule has 4 rings (SSSR count). The Morgan fingerprint density at radius 2 is 1.08 bits per heavy atom. The summed E-state index contributed by atoms with van der Waals surface area (Å²) in [5.41, 5.74) is 2.89. The quantitative estimate of drug-likeness (QED) is 0.179. The SMILES string of the molecule is COc1ccc(N(C)C(=O)[C@@H](CC(=O)C[C@H](O)C(=O)N[C@@H](Cc2ccccc2)C(=O)N(C)c2ccc(OC)cc2)Cc2ccccc2)cc1. The lowest BCUT2D eigenvalue weighted by Gasteiger charge is -2.26. The third-order valence-electron chi connectivity index (χ3n) is 8.35. The molecular formula is C39H43N3O7. The molecule has 0 spiro atoms. The first-order valence-electron chi connectivity index (χ1n) is 16.0. The number of ether oxygens (including phenoxy) is 2. The minimum atomic E-state index is -1.73. The maximum absolute atomic E-state index is 13.7. The molecule has 0 unspecified atom stereocenters. The number of nitrogens with zero attached hydrogens (tertiary/aromatic N) is 2. The summed E-state index contributed by atoms with van der Waals surface area (Å²) < 4.78 is 10.4. The predicted octanol–water partition coefficient (Wildman–Crippen LogP) is 4.63. The van der Waals surface area contributed by atoms with Gasteiger partial charge in [0.1, 0.15) is 29.4 Å². The van der Waals surface area contributed by atoms with Crippen LogP contribution in [0, 0.1) is 5.92 Å². The van der Waals surface area contributed by atoms with Crippen LogP contribution in [0.5, 0.6) is 11.5 Å². The van der Waals surface area contributed by atoms with Gasteiger partial charge in [-0.2, -0.15) is 0 Å². The van der Waals surface area contributed by atoms with Crippen molar-refractivity contribution in [1.29, 1.82) is 0 Å². The molecular weight excluding hydrogens is 622 g/mol. The van der Waals surface area contributed by atoms with Crippen molar-refractivity contribution in [2.45, 2.75) is 37.8 Å². The van der Waals surface area contributed by atoms with E-state index in [1.54, 1.807) is 76.8 Å². The Morgan fingerprint density at radius 1 is 0.633 bits per heavy atom. The first-order chi connectivity index (χ1) is 23.6. The summed E-state index contributed by atoms with van der Waals surface area (Å²) in [6.45, 7) is 0. The minimum Gasteiger partial charge on any atom is -0.497 e. The average molecular weight is 666 g/mol. The number of carbonyl (C=O) groups excluding carboxylic acids is 4. The molecule has 0 heterocycles. The van der Waals surface area contributed by atoms with Gasteiger partial charge in [0.15, 0.2) is 0 Å². The van der Waals surface area contributed by atoms with E-state index in [1.807, 2.05) is 60.7 Å². The molecule has 3 atom stereocenters. The second-order valence-electron chi connectivity index (χ2n) is 11.8. The molecule has 0 bridgehead atoms. The summed E-state index contributed by atoms with van der Waals surface area (Å²) in [6.07, 6.45) is -1.98. The summed E-state index contributed by atoms with van der Waals surface area (Å²) in [5, 5.41) is 13.6. The van der Waals surface area contributed by atoms with Crippen LogP contribution >= 0.6 is 0 Å². The van der Waals surface area contributed by atoms with Crippen LogP contribution in [0.2, 0.25) is 0 Å².